The first kappa shape index (κ1) is 18.3. The number of hydrazone groups is 1. The van der Waals surface area contributed by atoms with E-state index in [-0.39, 0.29) is 12.5 Å². The third-order valence-corrected chi connectivity index (χ3v) is 3.51. The van der Waals surface area contributed by atoms with Crippen molar-refractivity contribution in [3.8, 4) is 17.2 Å². The number of ether oxygens (including phenoxy) is 3. The van der Waals surface area contributed by atoms with E-state index < -0.39 is 0 Å². The molecule has 2 aromatic rings. The van der Waals surface area contributed by atoms with Crippen molar-refractivity contribution >= 4 is 12.1 Å². The number of nitrogens with zero attached hydrogens (tertiary/aromatic N) is 1. The lowest BCUT2D eigenvalue weighted by Gasteiger charge is -2.09. The molecule has 0 aliphatic carbocycles. The van der Waals surface area contributed by atoms with Crippen molar-refractivity contribution in [1.29, 1.82) is 0 Å². The lowest BCUT2D eigenvalue weighted by Crippen LogP contribution is -2.24. The first-order valence-electron chi connectivity index (χ1n) is 7.77. The molecule has 2 rings (SSSR count). The summed E-state index contributed by atoms with van der Waals surface area (Å²) in [4.78, 5) is 11.8. The number of rotatable bonds is 7. The van der Waals surface area contributed by atoms with Gasteiger partial charge >= 0.3 is 0 Å². The summed E-state index contributed by atoms with van der Waals surface area (Å²) < 4.78 is 15.9. The highest BCUT2D eigenvalue weighted by Gasteiger charge is 2.05. The molecule has 0 aliphatic rings. The summed E-state index contributed by atoms with van der Waals surface area (Å²) in [5.41, 5.74) is 5.26. The third kappa shape index (κ3) is 5.24. The van der Waals surface area contributed by atoms with Gasteiger partial charge < -0.3 is 14.2 Å². The van der Waals surface area contributed by atoms with Crippen LogP contribution in [0.4, 0.5) is 0 Å². The van der Waals surface area contributed by atoms with E-state index in [0.29, 0.717) is 17.2 Å². The first-order chi connectivity index (χ1) is 12.0. The van der Waals surface area contributed by atoms with Gasteiger partial charge in [-0.15, -0.1) is 0 Å². The summed E-state index contributed by atoms with van der Waals surface area (Å²) in [5, 5.41) is 3.92. The van der Waals surface area contributed by atoms with Crippen LogP contribution in [0.25, 0.3) is 0 Å². The summed E-state index contributed by atoms with van der Waals surface area (Å²) >= 11 is 0. The van der Waals surface area contributed by atoms with Gasteiger partial charge in [0.2, 0.25) is 0 Å². The largest absolute Gasteiger partial charge is 0.493 e. The minimum Gasteiger partial charge on any atom is -0.493 e. The van der Waals surface area contributed by atoms with E-state index in [0.717, 1.165) is 16.7 Å². The Morgan fingerprint density at radius 1 is 1.04 bits per heavy atom. The number of carbonyl (C=O) groups excluding carboxylic acids is 1. The number of benzene rings is 2. The number of hydrogen-bond donors (Lipinski definition) is 1. The molecule has 0 fully saturated rings. The minimum absolute atomic E-state index is 0.104. The summed E-state index contributed by atoms with van der Waals surface area (Å²) in [6.07, 6.45) is 1.53. The number of amides is 1. The molecule has 0 atom stereocenters. The van der Waals surface area contributed by atoms with Crippen LogP contribution in [-0.4, -0.2) is 32.9 Å². The highest BCUT2D eigenvalue weighted by molar-refractivity contribution is 5.83. The topological polar surface area (TPSA) is 69.2 Å². The summed E-state index contributed by atoms with van der Waals surface area (Å²) in [6, 6.07) is 11.2. The van der Waals surface area contributed by atoms with Crippen molar-refractivity contribution in [2.24, 2.45) is 5.10 Å². The molecule has 0 saturated carbocycles. The number of hydrogen-bond acceptors (Lipinski definition) is 5. The van der Waals surface area contributed by atoms with Crippen LogP contribution in [0.15, 0.2) is 41.5 Å². The highest BCUT2D eigenvalue weighted by Crippen LogP contribution is 2.26. The minimum atomic E-state index is -0.336. The molecular weight excluding hydrogens is 320 g/mol. The molecule has 2 aromatic carbocycles. The molecule has 6 heteroatoms. The summed E-state index contributed by atoms with van der Waals surface area (Å²) in [5.74, 6) is 1.58. The van der Waals surface area contributed by atoms with E-state index in [1.54, 1.807) is 26.4 Å². The molecule has 1 N–H and O–H groups in total. The van der Waals surface area contributed by atoms with E-state index >= 15 is 0 Å². The van der Waals surface area contributed by atoms with E-state index in [9.17, 15) is 4.79 Å². The lowest BCUT2D eigenvalue weighted by molar-refractivity contribution is -0.123. The number of methoxy groups -OCH3 is 2. The Bertz CT molecular complexity index is 772. The first-order valence-corrected chi connectivity index (χ1v) is 7.77. The molecule has 0 spiro atoms. The fourth-order valence-corrected chi connectivity index (χ4v) is 2.15. The van der Waals surface area contributed by atoms with Crippen molar-refractivity contribution < 1.29 is 19.0 Å². The summed E-state index contributed by atoms with van der Waals surface area (Å²) in [6.45, 7) is 3.80. The fraction of sp³-hybridized carbons (Fsp3) is 0.263. The molecule has 0 aromatic heterocycles. The standard InChI is InChI=1S/C19H22N2O4/c1-13-5-6-14(2)17(9-13)25-12-19(22)21-20-11-15-7-8-16(23-3)18(10-15)24-4/h5-11H,12H2,1-4H3,(H,21,22)/b20-11-. The number of carbonyl (C=O) groups is 1. The second kappa shape index (κ2) is 8.73. The maximum Gasteiger partial charge on any atom is 0.277 e. The predicted octanol–water partition coefficient (Wildman–Crippen LogP) is 2.85. The van der Waals surface area contributed by atoms with Crippen LogP contribution in [0.2, 0.25) is 0 Å². The second-order valence-corrected chi connectivity index (χ2v) is 5.47. The highest BCUT2D eigenvalue weighted by atomic mass is 16.5. The van der Waals surface area contributed by atoms with E-state index in [2.05, 4.69) is 10.5 Å². The third-order valence-electron chi connectivity index (χ3n) is 3.51. The molecule has 0 aliphatic heterocycles. The number of nitrogens with one attached hydrogen (secondary N) is 1. The van der Waals surface area contributed by atoms with Crippen molar-refractivity contribution in [2.45, 2.75) is 13.8 Å². The Hall–Kier alpha value is -3.02. The van der Waals surface area contributed by atoms with Crippen LogP contribution in [0.3, 0.4) is 0 Å². The quantitative estimate of drug-likeness (QED) is 0.620. The molecule has 0 unspecified atom stereocenters. The molecule has 1 amide bonds. The Balaban J connectivity index is 1.89. The van der Waals surface area contributed by atoms with Gasteiger partial charge in [-0.1, -0.05) is 12.1 Å². The molecule has 0 bridgehead atoms. The monoisotopic (exact) mass is 342 g/mol. The van der Waals surface area contributed by atoms with E-state index in [4.69, 9.17) is 14.2 Å². The molecule has 0 radical (unpaired) electrons. The fourth-order valence-electron chi connectivity index (χ4n) is 2.15. The lowest BCUT2D eigenvalue weighted by atomic mass is 10.1. The maximum absolute atomic E-state index is 11.8. The van der Waals surface area contributed by atoms with Gasteiger partial charge in [0.15, 0.2) is 18.1 Å². The van der Waals surface area contributed by atoms with Gasteiger partial charge in [0, 0.05) is 0 Å². The van der Waals surface area contributed by atoms with Gasteiger partial charge in [0.05, 0.1) is 20.4 Å². The van der Waals surface area contributed by atoms with Crippen LogP contribution >= 0.6 is 0 Å². The van der Waals surface area contributed by atoms with Crippen molar-refractivity contribution in [2.75, 3.05) is 20.8 Å². The zero-order valence-electron chi connectivity index (χ0n) is 14.8. The number of aryl methyl sites for hydroxylation is 2. The van der Waals surface area contributed by atoms with Gasteiger partial charge in [-0.2, -0.15) is 5.10 Å². The zero-order valence-corrected chi connectivity index (χ0v) is 14.8. The second-order valence-electron chi connectivity index (χ2n) is 5.47. The van der Waals surface area contributed by atoms with Gasteiger partial charge in [-0.3, -0.25) is 4.79 Å². The van der Waals surface area contributed by atoms with Crippen LogP contribution in [0.5, 0.6) is 17.2 Å². The van der Waals surface area contributed by atoms with Gasteiger partial charge in [0.1, 0.15) is 5.75 Å². The van der Waals surface area contributed by atoms with Crippen molar-refractivity contribution in [3.63, 3.8) is 0 Å². The molecule has 132 valence electrons. The summed E-state index contributed by atoms with van der Waals surface area (Å²) in [7, 11) is 3.13. The van der Waals surface area contributed by atoms with Crippen LogP contribution < -0.4 is 19.6 Å². The van der Waals surface area contributed by atoms with Gasteiger partial charge in [0.25, 0.3) is 5.91 Å². The van der Waals surface area contributed by atoms with Gasteiger partial charge in [-0.25, -0.2) is 5.43 Å². The van der Waals surface area contributed by atoms with Crippen LogP contribution in [0, 0.1) is 13.8 Å². The Labute approximate surface area is 147 Å². The van der Waals surface area contributed by atoms with Gasteiger partial charge in [-0.05, 0) is 54.8 Å². The average molecular weight is 342 g/mol. The smallest absolute Gasteiger partial charge is 0.277 e. The van der Waals surface area contributed by atoms with Crippen molar-refractivity contribution in [1.82, 2.24) is 5.43 Å². The molecular formula is C19H22N2O4. The SMILES string of the molecule is COc1ccc(/C=N\NC(=O)COc2cc(C)ccc2C)cc1OC. The maximum atomic E-state index is 11.8. The molecule has 0 heterocycles. The Morgan fingerprint density at radius 3 is 2.52 bits per heavy atom. The predicted molar refractivity (Wildman–Crippen MR) is 96.7 cm³/mol. The Morgan fingerprint density at radius 2 is 1.80 bits per heavy atom. The molecule has 6 nitrogen and oxygen atoms in total. The van der Waals surface area contributed by atoms with E-state index in [1.807, 2.05) is 38.1 Å². The average Bonchev–Trinajstić information content (AvgIpc) is 2.62. The molecule has 25 heavy (non-hydrogen) atoms. The van der Waals surface area contributed by atoms with E-state index in [1.165, 1.54) is 6.21 Å². The normalized spacial score (nSPS) is 10.6. The van der Waals surface area contributed by atoms with Crippen molar-refractivity contribution in [3.05, 3.63) is 53.1 Å². The molecule has 0 saturated heterocycles. The van der Waals surface area contributed by atoms with Crippen LogP contribution in [-0.2, 0) is 4.79 Å². The van der Waals surface area contributed by atoms with Crippen LogP contribution in [0.1, 0.15) is 16.7 Å². The zero-order chi connectivity index (χ0) is 18.2. The Kier molecular flexibility index (Phi) is 6.39.